The molecule has 2 amide bonds. The molecular formula is C24H21ClN2O2. The number of rotatable bonds is 6. The van der Waals surface area contributed by atoms with Crippen LogP contribution in [0.2, 0.25) is 5.02 Å². The SMILES string of the molecule is O=C(NC(c1ccccc1)c1cccc(Cl)c1)c1cccc(NC(=O)C2CC2)c1. The number of nitrogens with one attached hydrogen (secondary N) is 2. The van der Waals surface area contributed by atoms with Gasteiger partial charge in [-0.25, -0.2) is 0 Å². The van der Waals surface area contributed by atoms with Gasteiger partial charge in [-0.1, -0.05) is 60.1 Å². The molecule has 1 aliphatic carbocycles. The first-order chi connectivity index (χ1) is 14.1. The Labute approximate surface area is 174 Å². The van der Waals surface area contributed by atoms with Crippen molar-refractivity contribution in [1.29, 1.82) is 0 Å². The maximum atomic E-state index is 13.0. The van der Waals surface area contributed by atoms with E-state index in [1.54, 1.807) is 30.3 Å². The van der Waals surface area contributed by atoms with Crippen molar-refractivity contribution < 1.29 is 9.59 Å². The Morgan fingerprint density at radius 2 is 1.59 bits per heavy atom. The second-order valence-electron chi connectivity index (χ2n) is 7.22. The lowest BCUT2D eigenvalue weighted by Crippen LogP contribution is -2.29. The van der Waals surface area contributed by atoms with Crippen molar-refractivity contribution >= 4 is 29.1 Å². The summed E-state index contributed by atoms with van der Waals surface area (Å²) < 4.78 is 0. The third-order valence-electron chi connectivity index (χ3n) is 4.93. The van der Waals surface area contributed by atoms with E-state index in [-0.39, 0.29) is 23.8 Å². The van der Waals surface area contributed by atoms with E-state index in [1.807, 2.05) is 48.5 Å². The van der Waals surface area contributed by atoms with E-state index in [0.717, 1.165) is 24.0 Å². The van der Waals surface area contributed by atoms with Gasteiger partial charge in [0.1, 0.15) is 0 Å². The number of carbonyl (C=O) groups is 2. The van der Waals surface area contributed by atoms with Crippen molar-refractivity contribution in [2.45, 2.75) is 18.9 Å². The van der Waals surface area contributed by atoms with Gasteiger partial charge in [0.15, 0.2) is 0 Å². The molecule has 0 spiro atoms. The summed E-state index contributed by atoms with van der Waals surface area (Å²) in [6.45, 7) is 0. The molecule has 0 bridgehead atoms. The zero-order chi connectivity index (χ0) is 20.2. The third kappa shape index (κ3) is 4.84. The van der Waals surface area contributed by atoms with Crippen LogP contribution in [-0.4, -0.2) is 11.8 Å². The molecule has 146 valence electrons. The van der Waals surface area contributed by atoms with E-state index in [9.17, 15) is 9.59 Å². The van der Waals surface area contributed by atoms with Crippen LogP contribution in [0.4, 0.5) is 5.69 Å². The second kappa shape index (κ2) is 8.50. The van der Waals surface area contributed by atoms with Gasteiger partial charge < -0.3 is 10.6 Å². The molecule has 2 N–H and O–H groups in total. The van der Waals surface area contributed by atoms with Crippen LogP contribution in [-0.2, 0) is 4.79 Å². The van der Waals surface area contributed by atoms with Gasteiger partial charge in [-0.05, 0) is 54.3 Å². The molecule has 0 heterocycles. The van der Waals surface area contributed by atoms with Crippen LogP contribution in [0.25, 0.3) is 0 Å². The molecule has 0 saturated heterocycles. The molecule has 3 aromatic rings. The lowest BCUT2D eigenvalue weighted by molar-refractivity contribution is -0.117. The maximum absolute atomic E-state index is 13.0. The molecule has 1 saturated carbocycles. The maximum Gasteiger partial charge on any atom is 0.252 e. The van der Waals surface area contributed by atoms with Crippen LogP contribution >= 0.6 is 11.6 Å². The van der Waals surface area contributed by atoms with Gasteiger partial charge in [0.05, 0.1) is 6.04 Å². The summed E-state index contributed by atoms with van der Waals surface area (Å²) in [5.41, 5.74) is 2.98. The van der Waals surface area contributed by atoms with Crippen molar-refractivity contribution in [3.63, 3.8) is 0 Å². The van der Waals surface area contributed by atoms with E-state index < -0.39 is 0 Å². The number of halogens is 1. The predicted molar refractivity (Wildman–Crippen MR) is 115 cm³/mol. The fourth-order valence-corrected chi connectivity index (χ4v) is 3.43. The van der Waals surface area contributed by atoms with Crippen molar-refractivity contribution in [2.75, 3.05) is 5.32 Å². The lowest BCUT2D eigenvalue weighted by atomic mass is 9.98. The molecule has 0 radical (unpaired) electrons. The molecule has 3 aromatic carbocycles. The van der Waals surface area contributed by atoms with E-state index in [4.69, 9.17) is 11.6 Å². The Balaban J connectivity index is 1.57. The normalized spacial score (nSPS) is 14.1. The van der Waals surface area contributed by atoms with Gasteiger partial charge in [-0.2, -0.15) is 0 Å². The quantitative estimate of drug-likeness (QED) is 0.592. The average molecular weight is 405 g/mol. The van der Waals surface area contributed by atoms with Gasteiger partial charge in [-0.3, -0.25) is 9.59 Å². The number of carbonyl (C=O) groups excluding carboxylic acids is 2. The highest BCUT2D eigenvalue weighted by atomic mass is 35.5. The summed E-state index contributed by atoms with van der Waals surface area (Å²) in [4.78, 5) is 25.0. The van der Waals surface area contributed by atoms with Crippen molar-refractivity contribution in [3.8, 4) is 0 Å². The first-order valence-corrected chi connectivity index (χ1v) is 10.00. The van der Waals surface area contributed by atoms with Gasteiger partial charge >= 0.3 is 0 Å². The number of amides is 2. The van der Waals surface area contributed by atoms with E-state index in [2.05, 4.69) is 10.6 Å². The topological polar surface area (TPSA) is 58.2 Å². The molecule has 1 aliphatic rings. The number of benzene rings is 3. The van der Waals surface area contributed by atoms with E-state index in [1.165, 1.54) is 0 Å². The first-order valence-electron chi connectivity index (χ1n) is 9.62. The summed E-state index contributed by atoms with van der Waals surface area (Å²) in [6, 6.07) is 23.9. The van der Waals surface area contributed by atoms with E-state index in [0.29, 0.717) is 16.3 Å². The highest BCUT2D eigenvalue weighted by Gasteiger charge is 2.29. The molecule has 0 aromatic heterocycles. The zero-order valence-corrected chi connectivity index (χ0v) is 16.5. The van der Waals surface area contributed by atoms with Gasteiger partial charge in [0.2, 0.25) is 5.91 Å². The smallest absolute Gasteiger partial charge is 0.252 e. The molecule has 4 nitrogen and oxygen atoms in total. The number of anilines is 1. The fraction of sp³-hybridized carbons (Fsp3) is 0.167. The number of hydrogen-bond acceptors (Lipinski definition) is 2. The number of hydrogen-bond donors (Lipinski definition) is 2. The summed E-state index contributed by atoms with van der Waals surface area (Å²) in [7, 11) is 0. The minimum Gasteiger partial charge on any atom is -0.341 e. The van der Waals surface area contributed by atoms with Crippen molar-refractivity contribution in [3.05, 3.63) is 101 Å². The predicted octanol–water partition coefficient (Wildman–Crippen LogP) is 5.21. The van der Waals surface area contributed by atoms with E-state index >= 15 is 0 Å². The largest absolute Gasteiger partial charge is 0.341 e. The van der Waals surface area contributed by atoms with Crippen LogP contribution in [0.3, 0.4) is 0 Å². The van der Waals surface area contributed by atoms with Crippen LogP contribution < -0.4 is 10.6 Å². The summed E-state index contributed by atoms with van der Waals surface area (Å²) in [5, 5.41) is 6.60. The fourth-order valence-electron chi connectivity index (χ4n) is 3.23. The van der Waals surface area contributed by atoms with Crippen LogP contribution in [0.1, 0.15) is 40.4 Å². The molecule has 1 unspecified atom stereocenters. The molecule has 29 heavy (non-hydrogen) atoms. The molecule has 0 aliphatic heterocycles. The summed E-state index contributed by atoms with van der Waals surface area (Å²) in [5.74, 6) is -0.0947. The second-order valence-corrected chi connectivity index (χ2v) is 7.65. The monoisotopic (exact) mass is 404 g/mol. The Morgan fingerprint density at radius 1 is 0.862 bits per heavy atom. The summed E-state index contributed by atoms with van der Waals surface area (Å²) in [6.07, 6.45) is 1.87. The average Bonchev–Trinajstić information content (AvgIpc) is 3.58. The summed E-state index contributed by atoms with van der Waals surface area (Å²) >= 11 is 6.18. The van der Waals surface area contributed by atoms with Crippen molar-refractivity contribution in [1.82, 2.24) is 5.32 Å². The lowest BCUT2D eigenvalue weighted by Gasteiger charge is -2.20. The molecule has 1 atom stereocenters. The van der Waals surface area contributed by atoms with Crippen LogP contribution in [0, 0.1) is 5.92 Å². The van der Waals surface area contributed by atoms with Crippen LogP contribution in [0.15, 0.2) is 78.9 Å². The molecule has 5 heteroatoms. The molecule has 1 fully saturated rings. The molecule has 4 rings (SSSR count). The van der Waals surface area contributed by atoms with Crippen molar-refractivity contribution in [2.24, 2.45) is 5.92 Å². The minimum atomic E-state index is -0.341. The standard InChI is InChI=1S/C24H21ClN2O2/c25-20-10-4-8-18(14-20)22(16-6-2-1-3-7-16)27-24(29)19-9-5-11-21(15-19)26-23(28)17-12-13-17/h1-11,14-15,17,22H,12-13H2,(H,26,28)(H,27,29). The van der Waals surface area contributed by atoms with Gasteiger partial charge in [-0.15, -0.1) is 0 Å². The molecular weight excluding hydrogens is 384 g/mol. The highest BCUT2D eigenvalue weighted by Crippen LogP contribution is 2.30. The van der Waals surface area contributed by atoms with Crippen LogP contribution in [0.5, 0.6) is 0 Å². The Morgan fingerprint density at radius 3 is 2.31 bits per heavy atom. The van der Waals surface area contributed by atoms with Gasteiger partial charge in [0, 0.05) is 22.2 Å². The minimum absolute atomic E-state index is 0.0173. The Hall–Kier alpha value is -3.11. The zero-order valence-electron chi connectivity index (χ0n) is 15.8. The van der Waals surface area contributed by atoms with Gasteiger partial charge in [0.25, 0.3) is 5.91 Å². The highest BCUT2D eigenvalue weighted by molar-refractivity contribution is 6.30. The Kier molecular flexibility index (Phi) is 5.63. The third-order valence-corrected chi connectivity index (χ3v) is 5.17. The Bertz CT molecular complexity index is 1030. The first kappa shape index (κ1) is 19.2.